The van der Waals surface area contributed by atoms with Crippen molar-refractivity contribution in [3.05, 3.63) is 97.1 Å². The smallest absolute Gasteiger partial charge is 0.335 e. The molecule has 4 amide bonds. The monoisotopic (exact) mass is 538 g/mol. The lowest BCUT2D eigenvalue weighted by Gasteiger charge is -2.26. The van der Waals surface area contributed by atoms with Gasteiger partial charge in [0.15, 0.2) is 0 Å². The van der Waals surface area contributed by atoms with Gasteiger partial charge in [0.2, 0.25) is 5.75 Å². The average molecular weight is 539 g/mol. The Balaban J connectivity index is 1.75. The van der Waals surface area contributed by atoms with Gasteiger partial charge >= 0.3 is 11.7 Å². The Morgan fingerprint density at radius 2 is 1.61 bits per heavy atom. The topological polar surface area (TPSA) is 171 Å². The number of rotatable bonds is 7. The molecule has 0 spiro atoms. The molecule has 38 heavy (non-hydrogen) atoms. The number of nitro benzene ring substituents is 2. The number of ether oxygens (including phenoxy) is 2. The maximum atomic E-state index is 13.2. The molecule has 1 aliphatic heterocycles. The maximum absolute atomic E-state index is 13.2. The van der Waals surface area contributed by atoms with Crippen molar-refractivity contribution in [2.75, 3.05) is 12.0 Å². The number of nitrogens with one attached hydrogen (secondary N) is 1. The molecular weight excluding hydrogens is 524 g/mol. The zero-order chi connectivity index (χ0) is 27.6. The van der Waals surface area contributed by atoms with Gasteiger partial charge in [-0.1, -0.05) is 11.6 Å². The summed E-state index contributed by atoms with van der Waals surface area (Å²) >= 11 is 6.09. The van der Waals surface area contributed by atoms with Crippen LogP contribution >= 0.6 is 11.6 Å². The molecule has 14 heteroatoms. The van der Waals surface area contributed by atoms with Gasteiger partial charge in [-0.15, -0.1) is 0 Å². The van der Waals surface area contributed by atoms with Crippen molar-refractivity contribution in [2.45, 2.75) is 0 Å². The van der Waals surface area contributed by atoms with Crippen LogP contribution in [-0.2, 0) is 9.59 Å². The minimum Gasteiger partial charge on any atom is -0.497 e. The Labute approximate surface area is 218 Å². The van der Waals surface area contributed by atoms with Crippen LogP contribution in [0.5, 0.6) is 17.2 Å². The number of nitro groups is 2. The second kappa shape index (κ2) is 10.4. The first-order valence-electron chi connectivity index (χ1n) is 10.5. The Kier molecular flexibility index (Phi) is 7.03. The highest BCUT2D eigenvalue weighted by molar-refractivity contribution is 6.39. The summed E-state index contributed by atoms with van der Waals surface area (Å²) in [5.74, 6) is -1.86. The molecule has 13 nitrogen and oxygen atoms in total. The fourth-order valence-corrected chi connectivity index (χ4v) is 3.65. The summed E-state index contributed by atoms with van der Waals surface area (Å²) in [4.78, 5) is 59.9. The van der Waals surface area contributed by atoms with E-state index in [0.29, 0.717) is 5.75 Å². The first kappa shape index (κ1) is 25.8. The molecule has 3 aromatic carbocycles. The van der Waals surface area contributed by atoms with E-state index in [1.165, 1.54) is 49.6 Å². The lowest BCUT2D eigenvalue weighted by molar-refractivity contribution is -0.394. The Morgan fingerprint density at radius 1 is 0.921 bits per heavy atom. The van der Waals surface area contributed by atoms with E-state index < -0.39 is 44.6 Å². The van der Waals surface area contributed by atoms with Gasteiger partial charge in [-0.05, 0) is 54.6 Å². The number of halogens is 1. The van der Waals surface area contributed by atoms with Gasteiger partial charge in [0.25, 0.3) is 17.5 Å². The van der Waals surface area contributed by atoms with E-state index in [1.54, 1.807) is 0 Å². The van der Waals surface area contributed by atoms with Gasteiger partial charge in [0, 0.05) is 16.7 Å². The minimum atomic E-state index is -0.989. The highest BCUT2D eigenvalue weighted by Crippen LogP contribution is 2.37. The van der Waals surface area contributed by atoms with E-state index in [2.05, 4.69) is 5.32 Å². The van der Waals surface area contributed by atoms with Crippen LogP contribution in [0.1, 0.15) is 5.56 Å². The number of imide groups is 2. The molecule has 192 valence electrons. The number of non-ortho nitro benzene ring substituents is 1. The van der Waals surface area contributed by atoms with E-state index >= 15 is 0 Å². The molecule has 0 aromatic heterocycles. The summed E-state index contributed by atoms with van der Waals surface area (Å²) in [6.07, 6.45) is 1.11. The second-order valence-electron chi connectivity index (χ2n) is 7.61. The van der Waals surface area contributed by atoms with E-state index in [1.807, 2.05) is 0 Å². The van der Waals surface area contributed by atoms with Crippen LogP contribution in [0.25, 0.3) is 6.08 Å². The van der Waals surface area contributed by atoms with E-state index in [0.717, 1.165) is 29.2 Å². The minimum absolute atomic E-state index is 0.0626. The molecule has 0 saturated carbocycles. The number of amides is 4. The van der Waals surface area contributed by atoms with Crippen molar-refractivity contribution in [1.29, 1.82) is 0 Å². The number of methoxy groups -OCH3 is 1. The molecule has 1 fully saturated rings. The molecule has 1 heterocycles. The average Bonchev–Trinajstić information content (AvgIpc) is 2.88. The Bertz CT molecular complexity index is 1540. The highest BCUT2D eigenvalue weighted by atomic mass is 35.5. The zero-order valence-corrected chi connectivity index (χ0v) is 20.0. The van der Waals surface area contributed by atoms with E-state index in [9.17, 15) is 34.6 Å². The number of anilines is 1. The first-order valence-corrected chi connectivity index (χ1v) is 10.9. The molecule has 0 atom stereocenters. The molecule has 0 unspecified atom stereocenters. The van der Waals surface area contributed by atoms with E-state index in [4.69, 9.17) is 21.1 Å². The molecule has 1 saturated heterocycles. The van der Waals surface area contributed by atoms with Crippen molar-refractivity contribution in [1.82, 2.24) is 5.32 Å². The molecule has 0 aliphatic carbocycles. The van der Waals surface area contributed by atoms with Crippen molar-refractivity contribution < 1.29 is 33.7 Å². The number of barbiturate groups is 1. The van der Waals surface area contributed by atoms with Crippen LogP contribution in [-0.4, -0.2) is 34.8 Å². The van der Waals surface area contributed by atoms with Crippen molar-refractivity contribution in [3.8, 4) is 17.2 Å². The second-order valence-corrected chi connectivity index (χ2v) is 8.04. The third kappa shape index (κ3) is 5.12. The summed E-state index contributed by atoms with van der Waals surface area (Å²) < 4.78 is 10.7. The van der Waals surface area contributed by atoms with Crippen LogP contribution in [0.4, 0.5) is 21.9 Å². The lowest BCUT2D eigenvalue weighted by atomic mass is 10.1. The van der Waals surface area contributed by atoms with Crippen LogP contribution in [0, 0.1) is 20.2 Å². The van der Waals surface area contributed by atoms with Crippen LogP contribution in [0.15, 0.2) is 66.2 Å². The van der Waals surface area contributed by atoms with Crippen molar-refractivity contribution in [2.24, 2.45) is 0 Å². The predicted molar refractivity (Wildman–Crippen MR) is 133 cm³/mol. The maximum Gasteiger partial charge on any atom is 0.335 e. The molecule has 1 aliphatic rings. The Morgan fingerprint density at radius 3 is 2.24 bits per heavy atom. The molecule has 0 radical (unpaired) electrons. The fraction of sp³-hybridized carbons (Fsp3) is 0.0417. The summed E-state index contributed by atoms with van der Waals surface area (Å²) in [6, 6.07) is 11.8. The highest BCUT2D eigenvalue weighted by Gasteiger charge is 2.37. The number of benzene rings is 3. The van der Waals surface area contributed by atoms with Gasteiger partial charge in [0.1, 0.15) is 17.1 Å². The van der Waals surface area contributed by atoms with Crippen LogP contribution < -0.4 is 19.7 Å². The van der Waals surface area contributed by atoms with Crippen molar-refractivity contribution in [3.63, 3.8) is 0 Å². The summed E-state index contributed by atoms with van der Waals surface area (Å²) in [5, 5.41) is 24.8. The summed E-state index contributed by atoms with van der Waals surface area (Å²) in [6.45, 7) is 0. The zero-order valence-electron chi connectivity index (χ0n) is 19.2. The largest absolute Gasteiger partial charge is 0.497 e. The number of hydrogen-bond acceptors (Lipinski definition) is 9. The van der Waals surface area contributed by atoms with Gasteiger partial charge in [-0.3, -0.25) is 35.1 Å². The van der Waals surface area contributed by atoms with Gasteiger partial charge < -0.3 is 9.47 Å². The summed E-state index contributed by atoms with van der Waals surface area (Å²) in [7, 11) is 1.45. The van der Waals surface area contributed by atoms with Gasteiger partial charge in [-0.25, -0.2) is 9.69 Å². The lowest BCUT2D eigenvalue weighted by Crippen LogP contribution is -2.54. The van der Waals surface area contributed by atoms with Crippen molar-refractivity contribution >= 4 is 52.6 Å². The van der Waals surface area contributed by atoms with E-state index in [-0.39, 0.29) is 27.8 Å². The quantitative estimate of drug-likeness (QED) is 0.195. The molecule has 3 aromatic rings. The van der Waals surface area contributed by atoms with Crippen LogP contribution in [0.2, 0.25) is 5.02 Å². The summed E-state index contributed by atoms with van der Waals surface area (Å²) in [5.41, 5.74) is -1.43. The number of urea groups is 1. The van der Waals surface area contributed by atoms with Gasteiger partial charge in [-0.2, -0.15) is 0 Å². The SMILES string of the molecule is COc1ccc(N2C(=O)NC(=O)/C(=C\c3cc(Cl)ccc3Oc3ccc([N+](=O)[O-])cc3[N+](=O)[O-])C2=O)cc1. The first-order chi connectivity index (χ1) is 18.1. The third-order valence-corrected chi connectivity index (χ3v) is 5.51. The predicted octanol–water partition coefficient (Wildman–Crippen LogP) is 4.62. The molecule has 4 rings (SSSR count). The number of carbonyl (C=O) groups excluding carboxylic acids is 3. The Hall–Kier alpha value is -5.30. The molecular formula is C24H15ClN4O9. The third-order valence-electron chi connectivity index (χ3n) is 5.27. The van der Waals surface area contributed by atoms with Gasteiger partial charge in [0.05, 0.1) is 28.7 Å². The molecule has 0 bridgehead atoms. The normalized spacial score (nSPS) is 14.3. The number of nitrogens with zero attached hydrogens (tertiary/aromatic N) is 3. The molecule has 1 N–H and O–H groups in total. The fourth-order valence-electron chi connectivity index (χ4n) is 3.47. The number of hydrogen-bond donors (Lipinski definition) is 1. The van der Waals surface area contributed by atoms with Crippen LogP contribution in [0.3, 0.4) is 0 Å². The standard InChI is InChI=1S/C24H15ClN4O9/c1-37-17-6-3-15(4-7-17)27-23(31)18(22(30)26-24(27)32)11-13-10-14(25)2-8-20(13)38-21-9-5-16(28(33)34)12-19(21)29(35)36/h2-12H,1H3,(H,26,30,32)/b18-11+. The number of carbonyl (C=O) groups is 3.